The summed E-state index contributed by atoms with van der Waals surface area (Å²) >= 11 is 0. The van der Waals surface area contributed by atoms with Crippen molar-refractivity contribution < 1.29 is 13.2 Å². The van der Waals surface area contributed by atoms with Crippen LogP contribution in [-0.4, -0.2) is 27.7 Å². The molecule has 0 radical (unpaired) electrons. The van der Waals surface area contributed by atoms with Crippen LogP contribution in [0, 0.1) is 5.92 Å². The van der Waals surface area contributed by atoms with E-state index < -0.39 is 11.7 Å². The predicted octanol–water partition coefficient (Wildman–Crippen LogP) is 1.51. The lowest BCUT2D eigenvalue weighted by atomic mass is 9.99. The van der Waals surface area contributed by atoms with Crippen molar-refractivity contribution in [1.29, 1.82) is 0 Å². The van der Waals surface area contributed by atoms with Crippen LogP contribution >= 0.6 is 0 Å². The molecule has 0 aliphatic carbocycles. The van der Waals surface area contributed by atoms with E-state index in [1.165, 1.54) is 6.20 Å². The molecular weight excluding hydrogens is 245 g/mol. The number of hydrogen-bond donors (Lipinski definition) is 1. The van der Waals surface area contributed by atoms with Crippen LogP contribution in [0.2, 0.25) is 0 Å². The number of pyridine rings is 1. The standard InChI is InChI=1S/C11H11F3N4/c12-11(13,14)8-1-2-18-9(3-7-5-15-6-7)16-17-10(18)4-8/h1-2,4,7,15H,3,5-6H2. The summed E-state index contributed by atoms with van der Waals surface area (Å²) in [6, 6.07) is 2.08. The molecule has 1 aliphatic heterocycles. The highest BCUT2D eigenvalue weighted by molar-refractivity contribution is 5.42. The molecule has 0 bridgehead atoms. The van der Waals surface area contributed by atoms with Gasteiger partial charge in [0, 0.05) is 12.6 Å². The first-order valence-electron chi connectivity index (χ1n) is 5.65. The quantitative estimate of drug-likeness (QED) is 0.885. The van der Waals surface area contributed by atoms with Crippen LogP contribution in [0.15, 0.2) is 18.3 Å². The summed E-state index contributed by atoms with van der Waals surface area (Å²) in [6.07, 6.45) is -2.22. The lowest BCUT2D eigenvalue weighted by Gasteiger charge is -2.26. The van der Waals surface area contributed by atoms with Crippen LogP contribution in [0.1, 0.15) is 11.4 Å². The molecule has 0 atom stereocenters. The fraction of sp³-hybridized carbons (Fsp3) is 0.455. The Morgan fingerprint density at radius 3 is 2.72 bits per heavy atom. The number of nitrogens with zero attached hydrogens (tertiary/aromatic N) is 3. The van der Waals surface area contributed by atoms with Crippen molar-refractivity contribution in [2.75, 3.05) is 13.1 Å². The van der Waals surface area contributed by atoms with E-state index in [1.807, 2.05) is 0 Å². The van der Waals surface area contributed by atoms with Gasteiger partial charge in [0.15, 0.2) is 5.65 Å². The SMILES string of the molecule is FC(F)(F)c1ccn2c(CC3CNC3)nnc2c1. The second kappa shape index (κ2) is 3.94. The van der Waals surface area contributed by atoms with Crippen molar-refractivity contribution in [1.82, 2.24) is 19.9 Å². The monoisotopic (exact) mass is 256 g/mol. The van der Waals surface area contributed by atoms with Gasteiger partial charge in [-0.3, -0.25) is 4.40 Å². The maximum atomic E-state index is 12.5. The van der Waals surface area contributed by atoms with Crippen LogP contribution in [-0.2, 0) is 12.6 Å². The summed E-state index contributed by atoms with van der Waals surface area (Å²) in [5.41, 5.74) is -0.452. The maximum absolute atomic E-state index is 12.5. The zero-order valence-corrected chi connectivity index (χ0v) is 9.41. The molecule has 3 heterocycles. The third-order valence-corrected chi connectivity index (χ3v) is 3.15. The number of fused-ring (bicyclic) bond motifs is 1. The van der Waals surface area contributed by atoms with E-state index >= 15 is 0 Å². The second-order valence-electron chi connectivity index (χ2n) is 4.49. The van der Waals surface area contributed by atoms with Crippen LogP contribution in [0.25, 0.3) is 5.65 Å². The number of halogens is 3. The topological polar surface area (TPSA) is 42.2 Å². The van der Waals surface area contributed by atoms with Crippen LogP contribution in [0.5, 0.6) is 0 Å². The molecule has 18 heavy (non-hydrogen) atoms. The average Bonchev–Trinajstić information content (AvgIpc) is 2.64. The number of alkyl halides is 3. The number of nitrogens with one attached hydrogen (secondary N) is 1. The molecule has 2 aromatic rings. The Morgan fingerprint density at radius 1 is 1.33 bits per heavy atom. The highest BCUT2D eigenvalue weighted by atomic mass is 19.4. The Labute approximate surface area is 101 Å². The van der Waals surface area contributed by atoms with E-state index in [2.05, 4.69) is 15.5 Å². The molecule has 1 N–H and O–H groups in total. The number of aromatic nitrogens is 3. The predicted molar refractivity (Wildman–Crippen MR) is 58.1 cm³/mol. The van der Waals surface area contributed by atoms with Crippen LogP contribution < -0.4 is 5.32 Å². The maximum Gasteiger partial charge on any atom is 0.416 e. The Morgan fingerprint density at radius 2 is 2.11 bits per heavy atom. The normalized spacial score (nSPS) is 17.1. The lowest BCUT2D eigenvalue weighted by Crippen LogP contribution is -2.43. The van der Waals surface area contributed by atoms with Crippen LogP contribution in [0.3, 0.4) is 0 Å². The Balaban J connectivity index is 1.94. The minimum atomic E-state index is -4.34. The van der Waals surface area contributed by atoms with E-state index in [0.717, 1.165) is 31.6 Å². The molecule has 1 fully saturated rings. The molecule has 0 unspecified atom stereocenters. The van der Waals surface area contributed by atoms with E-state index in [4.69, 9.17) is 0 Å². The summed E-state index contributed by atoms with van der Waals surface area (Å²) in [7, 11) is 0. The summed E-state index contributed by atoms with van der Waals surface area (Å²) in [5, 5.41) is 10.9. The molecule has 3 rings (SSSR count). The fourth-order valence-corrected chi connectivity index (χ4v) is 2.01. The molecule has 0 amide bonds. The minimum Gasteiger partial charge on any atom is -0.316 e. The van der Waals surface area contributed by atoms with Crippen LogP contribution in [0.4, 0.5) is 13.2 Å². The van der Waals surface area contributed by atoms with Crippen molar-refractivity contribution in [2.24, 2.45) is 5.92 Å². The molecule has 7 heteroatoms. The lowest BCUT2D eigenvalue weighted by molar-refractivity contribution is -0.137. The van der Waals surface area contributed by atoms with Crippen molar-refractivity contribution >= 4 is 5.65 Å². The summed E-state index contributed by atoms with van der Waals surface area (Å²) in [5.74, 6) is 1.21. The average molecular weight is 256 g/mol. The van der Waals surface area contributed by atoms with Gasteiger partial charge >= 0.3 is 6.18 Å². The molecule has 2 aromatic heterocycles. The third kappa shape index (κ3) is 1.94. The first-order chi connectivity index (χ1) is 8.54. The summed E-state index contributed by atoms with van der Waals surface area (Å²) in [6.45, 7) is 1.85. The molecule has 4 nitrogen and oxygen atoms in total. The molecule has 96 valence electrons. The largest absolute Gasteiger partial charge is 0.416 e. The zero-order valence-electron chi connectivity index (χ0n) is 9.41. The van der Waals surface area contributed by atoms with Crippen molar-refractivity contribution in [3.8, 4) is 0 Å². The van der Waals surface area contributed by atoms with Gasteiger partial charge in [-0.2, -0.15) is 13.2 Å². The van der Waals surface area contributed by atoms with Gasteiger partial charge in [-0.15, -0.1) is 10.2 Å². The third-order valence-electron chi connectivity index (χ3n) is 3.15. The zero-order chi connectivity index (χ0) is 12.8. The van der Waals surface area contributed by atoms with Gasteiger partial charge < -0.3 is 5.32 Å². The molecule has 0 aromatic carbocycles. The smallest absolute Gasteiger partial charge is 0.316 e. The van der Waals surface area contributed by atoms with Gasteiger partial charge in [0.1, 0.15) is 5.82 Å². The molecule has 1 saturated heterocycles. The number of hydrogen-bond acceptors (Lipinski definition) is 3. The van der Waals surface area contributed by atoms with Gasteiger partial charge in [-0.05, 0) is 31.1 Å². The van der Waals surface area contributed by atoms with Crippen molar-refractivity contribution in [3.05, 3.63) is 29.7 Å². The van der Waals surface area contributed by atoms with Gasteiger partial charge in [0.25, 0.3) is 0 Å². The van der Waals surface area contributed by atoms with E-state index in [1.54, 1.807) is 4.40 Å². The van der Waals surface area contributed by atoms with Crippen molar-refractivity contribution in [2.45, 2.75) is 12.6 Å². The Hall–Kier alpha value is -1.63. The highest BCUT2D eigenvalue weighted by Crippen LogP contribution is 2.29. The van der Waals surface area contributed by atoms with Gasteiger partial charge in [-0.25, -0.2) is 0 Å². The molecule has 0 saturated carbocycles. The van der Waals surface area contributed by atoms with E-state index in [9.17, 15) is 13.2 Å². The van der Waals surface area contributed by atoms with E-state index in [0.29, 0.717) is 11.7 Å². The molecular formula is C11H11F3N4. The van der Waals surface area contributed by atoms with Crippen molar-refractivity contribution in [3.63, 3.8) is 0 Å². The molecule has 0 spiro atoms. The van der Waals surface area contributed by atoms with Gasteiger partial charge in [-0.1, -0.05) is 0 Å². The Kier molecular flexibility index (Phi) is 2.51. The van der Waals surface area contributed by atoms with Gasteiger partial charge in [0.2, 0.25) is 0 Å². The molecule has 1 aliphatic rings. The van der Waals surface area contributed by atoms with Gasteiger partial charge in [0.05, 0.1) is 5.56 Å². The Bertz CT molecular complexity index is 571. The first kappa shape index (κ1) is 11.5. The fourth-order valence-electron chi connectivity index (χ4n) is 2.01. The number of rotatable bonds is 2. The summed E-state index contributed by atoms with van der Waals surface area (Å²) < 4.78 is 39.2. The highest BCUT2D eigenvalue weighted by Gasteiger charge is 2.31. The second-order valence-corrected chi connectivity index (χ2v) is 4.49. The first-order valence-corrected chi connectivity index (χ1v) is 5.65. The summed E-state index contributed by atoms with van der Waals surface area (Å²) in [4.78, 5) is 0. The van der Waals surface area contributed by atoms with E-state index in [-0.39, 0.29) is 5.65 Å². The minimum absolute atomic E-state index is 0.243.